The van der Waals surface area contributed by atoms with Crippen LogP contribution in [0.1, 0.15) is 53.4 Å². The minimum atomic E-state index is -4.90. The van der Waals surface area contributed by atoms with Crippen LogP contribution in [-0.2, 0) is 11.0 Å². The fraction of sp³-hybridized carbons (Fsp3) is 0.393. The van der Waals surface area contributed by atoms with Gasteiger partial charge in [0.25, 0.3) is 5.91 Å². The Labute approximate surface area is 222 Å². The molecule has 2 heterocycles. The number of carbonyl (C=O) groups excluding carboxylic acids is 2. The van der Waals surface area contributed by atoms with Crippen molar-refractivity contribution in [1.29, 1.82) is 0 Å². The van der Waals surface area contributed by atoms with Crippen molar-refractivity contribution < 1.29 is 37.4 Å². The van der Waals surface area contributed by atoms with Crippen LogP contribution in [0.25, 0.3) is 11.5 Å². The number of likely N-dealkylation sites (tertiary alicyclic amines) is 1. The molecule has 1 aliphatic carbocycles. The van der Waals surface area contributed by atoms with Gasteiger partial charge in [-0.15, -0.1) is 0 Å². The smallest absolute Gasteiger partial charge is 0.431 e. The van der Waals surface area contributed by atoms with Crippen LogP contribution >= 0.6 is 0 Å². The number of nitrogens with one attached hydrogen (secondary N) is 1. The largest absolute Gasteiger partial charge is 0.452 e. The summed E-state index contributed by atoms with van der Waals surface area (Å²) in [6.07, 6.45) is -4.60. The number of rotatable bonds is 5. The van der Waals surface area contributed by atoms with Gasteiger partial charge in [0, 0.05) is 30.3 Å². The summed E-state index contributed by atoms with van der Waals surface area (Å²) in [4.78, 5) is 31.1. The first-order valence-corrected chi connectivity index (χ1v) is 12.8. The minimum Gasteiger partial charge on any atom is -0.431 e. The highest BCUT2D eigenvalue weighted by Gasteiger charge is 2.42. The molecule has 2 atom stereocenters. The van der Waals surface area contributed by atoms with E-state index in [2.05, 4.69) is 10.3 Å². The zero-order valence-corrected chi connectivity index (χ0v) is 20.9. The van der Waals surface area contributed by atoms with Crippen LogP contribution in [0.3, 0.4) is 0 Å². The topological polar surface area (TPSA) is 116 Å². The lowest BCUT2D eigenvalue weighted by molar-refractivity contribution is -0.153. The van der Waals surface area contributed by atoms with Gasteiger partial charge in [0.15, 0.2) is 5.69 Å². The van der Waals surface area contributed by atoms with Crippen LogP contribution in [0.5, 0.6) is 0 Å². The predicted octanol–water partition coefficient (Wildman–Crippen LogP) is 4.45. The van der Waals surface area contributed by atoms with E-state index in [1.54, 1.807) is 35.2 Å². The monoisotopic (exact) mass is 543 g/mol. The molecule has 2 aromatic carbocycles. The molecule has 3 aromatic rings. The summed E-state index contributed by atoms with van der Waals surface area (Å²) in [6, 6.07) is 14.9. The van der Waals surface area contributed by atoms with Crippen molar-refractivity contribution in [1.82, 2.24) is 9.88 Å². The van der Waals surface area contributed by atoms with Crippen LogP contribution in [-0.4, -0.2) is 57.2 Å². The van der Waals surface area contributed by atoms with Crippen molar-refractivity contribution in [2.45, 2.75) is 50.0 Å². The molecule has 39 heavy (non-hydrogen) atoms. The number of piperidine rings is 1. The lowest BCUT2D eigenvalue weighted by Crippen LogP contribution is -2.41. The van der Waals surface area contributed by atoms with Crippen LogP contribution in [0.2, 0.25) is 0 Å². The molecule has 0 radical (unpaired) electrons. The van der Waals surface area contributed by atoms with E-state index < -0.39 is 35.7 Å². The average Bonchev–Trinajstić information content (AvgIpc) is 3.53. The maximum Gasteiger partial charge on any atom is 0.452 e. The van der Waals surface area contributed by atoms with Crippen molar-refractivity contribution in [2.24, 2.45) is 5.92 Å². The lowest BCUT2D eigenvalue weighted by atomic mass is 9.88. The van der Waals surface area contributed by atoms with Gasteiger partial charge in [0.05, 0.1) is 12.2 Å². The third-order valence-electron chi connectivity index (χ3n) is 7.41. The zero-order chi connectivity index (χ0) is 27.7. The second-order valence-electron chi connectivity index (χ2n) is 10.0. The number of carbonyl (C=O) groups is 2. The summed E-state index contributed by atoms with van der Waals surface area (Å²) in [5.74, 6) is -3.01. The molecular weight excluding hydrogens is 515 g/mol. The Kier molecular flexibility index (Phi) is 7.46. The zero-order valence-electron chi connectivity index (χ0n) is 20.9. The highest BCUT2D eigenvalue weighted by molar-refractivity contribution is 6.04. The van der Waals surface area contributed by atoms with Gasteiger partial charge in [-0.05, 0) is 61.4 Å². The second-order valence-corrected chi connectivity index (χ2v) is 10.0. The van der Waals surface area contributed by atoms with Crippen molar-refractivity contribution in [3.8, 4) is 11.5 Å². The number of aromatic nitrogens is 1. The van der Waals surface area contributed by atoms with E-state index in [0.29, 0.717) is 24.3 Å². The van der Waals surface area contributed by atoms with Crippen LogP contribution in [0.15, 0.2) is 59.0 Å². The summed E-state index contributed by atoms with van der Waals surface area (Å²) < 4.78 is 45.7. The van der Waals surface area contributed by atoms with Gasteiger partial charge in [-0.3, -0.25) is 9.59 Å². The SMILES string of the molecule is O=C(Nc1ccc(C2CCN(C(=O)C3CC(O)C(O)C3)CC2)cc1)c1nc(-c2ccccc2)oc1C(F)(F)F. The maximum atomic E-state index is 13.6. The normalized spacial score (nSPS) is 22.2. The Balaban J connectivity index is 1.21. The van der Waals surface area contributed by atoms with Gasteiger partial charge in [-0.2, -0.15) is 13.2 Å². The van der Waals surface area contributed by atoms with Gasteiger partial charge in [-0.25, -0.2) is 4.98 Å². The first kappa shape index (κ1) is 26.9. The summed E-state index contributed by atoms with van der Waals surface area (Å²) in [5, 5.41) is 22.0. The maximum absolute atomic E-state index is 13.6. The fourth-order valence-corrected chi connectivity index (χ4v) is 5.29. The van der Waals surface area contributed by atoms with Gasteiger partial charge >= 0.3 is 6.18 Å². The van der Waals surface area contributed by atoms with E-state index in [0.717, 1.165) is 18.4 Å². The summed E-state index contributed by atoms with van der Waals surface area (Å²) in [5.41, 5.74) is 0.782. The standard InChI is InChI=1S/C28H28F3N3O5/c29-28(30,31)24-23(33-26(39-24)18-4-2-1-3-5-18)25(37)32-20-8-6-16(7-9-20)17-10-12-34(13-11-17)27(38)19-14-21(35)22(36)15-19/h1-9,17,19,21-22,35-36H,10-15H2,(H,32,37). The molecule has 1 saturated carbocycles. The van der Waals surface area contributed by atoms with Crippen LogP contribution in [0.4, 0.5) is 18.9 Å². The summed E-state index contributed by atoms with van der Waals surface area (Å²) in [6.45, 7) is 1.11. The van der Waals surface area contributed by atoms with Crippen LogP contribution < -0.4 is 5.32 Å². The average molecular weight is 544 g/mol. The molecule has 2 fully saturated rings. The molecule has 8 nitrogen and oxygen atoms in total. The summed E-state index contributed by atoms with van der Waals surface area (Å²) in [7, 11) is 0. The Morgan fingerprint density at radius 1 is 0.949 bits per heavy atom. The molecule has 11 heteroatoms. The Hall–Kier alpha value is -3.70. The van der Waals surface area contributed by atoms with E-state index in [1.807, 2.05) is 12.1 Å². The lowest BCUT2D eigenvalue weighted by Gasteiger charge is -2.34. The van der Waals surface area contributed by atoms with Crippen LogP contribution in [0, 0.1) is 5.92 Å². The molecule has 2 unspecified atom stereocenters. The van der Waals surface area contributed by atoms with Crippen molar-refractivity contribution in [3.63, 3.8) is 0 Å². The predicted molar refractivity (Wildman–Crippen MR) is 135 cm³/mol. The first-order chi connectivity index (χ1) is 18.6. The molecule has 1 aromatic heterocycles. The third kappa shape index (κ3) is 5.84. The molecule has 0 spiro atoms. The fourth-order valence-electron chi connectivity index (χ4n) is 5.29. The second kappa shape index (κ2) is 10.8. The van der Waals surface area contributed by atoms with Gasteiger partial charge in [0.2, 0.25) is 17.6 Å². The highest BCUT2D eigenvalue weighted by Crippen LogP contribution is 2.36. The Morgan fingerprint density at radius 3 is 2.15 bits per heavy atom. The Bertz CT molecular complexity index is 1310. The first-order valence-electron chi connectivity index (χ1n) is 12.8. The number of alkyl halides is 3. The number of aliphatic hydroxyl groups excluding tert-OH is 2. The third-order valence-corrected chi connectivity index (χ3v) is 7.41. The molecule has 1 saturated heterocycles. The minimum absolute atomic E-state index is 0.0383. The number of hydrogen-bond donors (Lipinski definition) is 3. The number of halogens is 3. The molecule has 1 aliphatic heterocycles. The Morgan fingerprint density at radius 2 is 1.56 bits per heavy atom. The molecule has 3 N–H and O–H groups in total. The molecule has 2 aliphatic rings. The molecule has 2 amide bonds. The number of anilines is 1. The van der Waals surface area contributed by atoms with Crippen molar-refractivity contribution in [2.75, 3.05) is 18.4 Å². The quantitative estimate of drug-likeness (QED) is 0.438. The molecule has 206 valence electrons. The molecule has 5 rings (SSSR count). The molecule has 0 bridgehead atoms. The number of oxazole rings is 1. The van der Waals surface area contributed by atoms with E-state index in [-0.39, 0.29) is 36.5 Å². The summed E-state index contributed by atoms with van der Waals surface area (Å²) >= 11 is 0. The number of aliphatic hydroxyl groups is 2. The number of nitrogens with zero attached hydrogens (tertiary/aromatic N) is 2. The number of benzene rings is 2. The van der Waals surface area contributed by atoms with Gasteiger partial charge in [-0.1, -0.05) is 30.3 Å². The van der Waals surface area contributed by atoms with E-state index in [9.17, 15) is 33.0 Å². The van der Waals surface area contributed by atoms with Crippen molar-refractivity contribution in [3.05, 3.63) is 71.6 Å². The van der Waals surface area contributed by atoms with Gasteiger partial charge < -0.3 is 24.8 Å². The number of amides is 2. The van der Waals surface area contributed by atoms with E-state index in [1.165, 1.54) is 12.1 Å². The number of hydrogen-bond acceptors (Lipinski definition) is 6. The van der Waals surface area contributed by atoms with E-state index in [4.69, 9.17) is 4.42 Å². The molecular formula is C28H28F3N3O5. The van der Waals surface area contributed by atoms with E-state index >= 15 is 0 Å². The van der Waals surface area contributed by atoms with Gasteiger partial charge in [0.1, 0.15) is 0 Å². The highest BCUT2D eigenvalue weighted by atomic mass is 19.4. The van der Waals surface area contributed by atoms with Crippen molar-refractivity contribution >= 4 is 17.5 Å².